The number of aromatic nitrogens is 2. The van der Waals surface area contributed by atoms with Gasteiger partial charge in [0, 0.05) is 12.0 Å². The van der Waals surface area contributed by atoms with Gasteiger partial charge < -0.3 is 9.77 Å². The highest BCUT2D eigenvalue weighted by molar-refractivity contribution is 5.25. The number of fused-ring (bicyclic) bond motifs is 1. The summed E-state index contributed by atoms with van der Waals surface area (Å²) in [5.41, 5.74) is 2.29. The highest BCUT2D eigenvalue weighted by Crippen LogP contribution is 2.42. The molecule has 3 rings (SSSR count). The Kier molecular flexibility index (Phi) is 1.91. The van der Waals surface area contributed by atoms with E-state index in [1.54, 1.807) is 0 Å². The molecule has 0 saturated heterocycles. The molecule has 1 aliphatic heterocycles. The smallest absolute Gasteiger partial charge is 0.112 e. The van der Waals surface area contributed by atoms with Gasteiger partial charge in [-0.25, -0.2) is 4.98 Å². The van der Waals surface area contributed by atoms with Crippen LogP contribution in [0, 0.1) is 0 Å². The van der Waals surface area contributed by atoms with E-state index in [1.807, 2.05) is 0 Å². The molecule has 15 heavy (non-hydrogen) atoms. The first-order valence-corrected chi connectivity index (χ1v) is 5.70. The monoisotopic (exact) mass is 207 g/mol. The van der Waals surface area contributed by atoms with Crippen LogP contribution in [-0.4, -0.2) is 19.8 Å². The lowest BCUT2D eigenvalue weighted by atomic mass is 10.3. The zero-order valence-electron chi connectivity index (χ0n) is 9.27. The fourth-order valence-electron chi connectivity index (χ4n) is 2.44. The number of hydrogen-bond donors (Lipinski definition) is 1. The highest BCUT2D eigenvalue weighted by atomic mass is 16.5. The van der Waals surface area contributed by atoms with E-state index in [0.717, 1.165) is 5.69 Å². The maximum Gasteiger partial charge on any atom is 0.112 e. The SMILES string of the molecule is CC(C)n1c(C2CC2)nc2c1CN(O)C2. The van der Waals surface area contributed by atoms with Gasteiger partial charge in [-0.15, -0.1) is 0 Å². The third-order valence-corrected chi connectivity index (χ3v) is 3.24. The molecule has 0 spiro atoms. The van der Waals surface area contributed by atoms with Crippen molar-refractivity contribution in [1.82, 2.24) is 14.6 Å². The Morgan fingerprint density at radius 3 is 2.67 bits per heavy atom. The van der Waals surface area contributed by atoms with E-state index in [9.17, 15) is 5.21 Å². The van der Waals surface area contributed by atoms with Gasteiger partial charge in [0.1, 0.15) is 5.82 Å². The molecule has 0 radical (unpaired) electrons. The van der Waals surface area contributed by atoms with Crippen molar-refractivity contribution in [2.24, 2.45) is 0 Å². The summed E-state index contributed by atoms with van der Waals surface area (Å²) >= 11 is 0. The predicted octanol–water partition coefficient (Wildman–Crippen LogP) is 2.05. The first kappa shape index (κ1) is 9.36. The predicted molar refractivity (Wildman–Crippen MR) is 55.6 cm³/mol. The van der Waals surface area contributed by atoms with E-state index < -0.39 is 0 Å². The Bertz CT molecular complexity index is 393. The van der Waals surface area contributed by atoms with E-state index in [-0.39, 0.29) is 0 Å². The molecule has 0 amide bonds. The average Bonchev–Trinajstić information content (AvgIpc) is 2.83. The molecule has 1 aliphatic carbocycles. The van der Waals surface area contributed by atoms with Crippen molar-refractivity contribution < 1.29 is 5.21 Å². The van der Waals surface area contributed by atoms with E-state index in [1.165, 1.54) is 29.4 Å². The summed E-state index contributed by atoms with van der Waals surface area (Å²) in [6.45, 7) is 5.60. The zero-order valence-corrected chi connectivity index (χ0v) is 9.27. The number of nitrogens with zero attached hydrogens (tertiary/aromatic N) is 3. The summed E-state index contributed by atoms with van der Waals surface area (Å²) in [4.78, 5) is 4.69. The van der Waals surface area contributed by atoms with Crippen LogP contribution in [0.1, 0.15) is 55.9 Å². The Balaban J connectivity index is 2.07. The largest absolute Gasteiger partial charge is 0.328 e. The van der Waals surface area contributed by atoms with Crippen molar-refractivity contribution in [3.8, 4) is 0 Å². The van der Waals surface area contributed by atoms with Gasteiger partial charge in [-0.3, -0.25) is 0 Å². The lowest BCUT2D eigenvalue weighted by Crippen LogP contribution is -2.15. The minimum Gasteiger partial charge on any atom is -0.328 e. The average molecular weight is 207 g/mol. The Morgan fingerprint density at radius 1 is 1.33 bits per heavy atom. The molecule has 0 atom stereocenters. The summed E-state index contributed by atoms with van der Waals surface area (Å²) < 4.78 is 2.32. The first-order valence-electron chi connectivity index (χ1n) is 5.70. The van der Waals surface area contributed by atoms with Crippen LogP contribution in [0.3, 0.4) is 0 Å². The molecular weight excluding hydrogens is 190 g/mol. The van der Waals surface area contributed by atoms with Crippen LogP contribution in [0.2, 0.25) is 0 Å². The molecule has 4 nitrogen and oxygen atoms in total. The Hall–Kier alpha value is -0.870. The van der Waals surface area contributed by atoms with Crippen molar-refractivity contribution in [1.29, 1.82) is 0 Å². The normalized spacial score (nSPS) is 21.3. The van der Waals surface area contributed by atoms with E-state index >= 15 is 0 Å². The molecule has 1 fully saturated rings. The fourth-order valence-corrected chi connectivity index (χ4v) is 2.44. The van der Waals surface area contributed by atoms with Crippen LogP contribution in [0.4, 0.5) is 0 Å². The zero-order chi connectivity index (χ0) is 10.6. The maximum absolute atomic E-state index is 9.47. The van der Waals surface area contributed by atoms with Gasteiger partial charge in [-0.1, -0.05) is 0 Å². The van der Waals surface area contributed by atoms with Crippen molar-refractivity contribution in [3.05, 3.63) is 17.2 Å². The topological polar surface area (TPSA) is 41.3 Å². The molecule has 2 aliphatic rings. The molecule has 0 unspecified atom stereocenters. The van der Waals surface area contributed by atoms with E-state index in [0.29, 0.717) is 25.0 Å². The first-order chi connectivity index (χ1) is 7.16. The maximum atomic E-state index is 9.47. The summed E-state index contributed by atoms with van der Waals surface area (Å²) in [6, 6.07) is 0.448. The van der Waals surface area contributed by atoms with Crippen LogP contribution in [0.5, 0.6) is 0 Å². The molecule has 2 heterocycles. The quantitative estimate of drug-likeness (QED) is 0.807. The van der Waals surface area contributed by atoms with Gasteiger partial charge in [-0.2, -0.15) is 5.06 Å². The Morgan fingerprint density at radius 2 is 2.07 bits per heavy atom. The fraction of sp³-hybridized carbons (Fsp3) is 0.727. The Labute approximate surface area is 89.5 Å². The second kappa shape index (κ2) is 3.06. The molecule has 1 aromatic rings. The summed E-state index contributed by atoms with van der Waals surface area (Å²) in [5, 5.41) is 10.8. The molecular formula is C11H17N3O. The van der Waals surface area contributed by atoms with Gasteiger partial charge in [-0.05, 0) is 26.7 Å². The summed E-state index contributed by atoms with van der Waals surface area (Å²) in [7, 11) is 0. The highest BCUT2D eigenvalue weighted by Gasteiger charge is 2.34. The van der Waals surface area contributed by atoms with Crippen LogP contribution >= 0.6 is 0 Å². The lowest BCUT2D eigenvalue weighted by Gasteiger charge is -2.15. The van der Waals surface area contributed by atoms with Crippen LogP contribution in [-0.2, 0) is 13.1 Å². The van der Waals surface area contributed by atoms with Crippen molar-refractivity contribution in [2.75, 3.05) is 0 Å². The van der Waals surface area contributed by atoms with Crippen molar-refractivity contribution in [2.45, 2.75) is 51.7 Å². The second-order valence-electron chi connectivity index (χ2n) is 4.92. The lowest BCUT2D eigenvalue weighted by molar-refractivity contribution is -0.0987. The molecule has 4 heteroatoms. The molecule has 82 valence electrons. The number of rotatable bonds is 2. The van der Waals surface area contributed by atoms with Gasteiger partial charge in [0.25, 0.3) is 0 Å². The van der Waals surface area contributed by atoms with Crippen LogP contribution in [0.25, 0.3) is 0 Å². The molecule has 0 aromatic carbocycles. The van der Waals surface area contributed by atoms with Crippen molar-refractivity contribution >= 4 is 0 Å². The number of imidazole rings is 1. The van der Waals surface area contributed by atoms with Gasteiger partial charge >= 0.3 is 0 Å². The van der Waals surface area contributed by atoms with E-state index in [4.69, 9.17) is 0 Å². The summed E-state index contributed by atoms with van der Waals surface area (Å²) in [6.07, 6.45) is 2.57. The van der Waals surface area contributed by atoms with E-state index in [2.05, 4.69) is 23.4 Å². The van der Waals surface area contributed by atoms with Crippen molar-refractivity contribution in [3.63, 3.8) is 0 Å². The number of hydroxylamine groups is 2. The van der Waals surface area contributed by atoms with Crippen LogP contribution in [0.15, 0.2) is 0 Å². The second-order valence-corrected chi connectivity index (χ2v) is 4.92. The third kappa shape index (κ3) is 1.40. The molecule has 1 N–H and O–H groups in total. The minimum atomic E-state index is 0.448. The van der Waals surface area contributed by atoms with Gasteiger partial charge in [0.2, 0.25) is 0 Å². The minimum absolute atomic E-state index is 0.448. The molecule has 0 bridgehead atoms. The third-order valence-electron chi connectivity index (χ3n) is 3.24. The summed E-state index contributed by atoms with van der Waals surface area (Å²) in [5.74, 6) is 1.94. The van der Waals surface area contributed by atoms with Gasteiger partial charge in [0.15, 0.2) is 0 Å². The number of hydrogen-bond acceptors (Lipinski definition) is 3. The molecule has 1 aromatic heterocycles. The molecule has 1 saturated carbocycles. The standard InChI is InChI=1S/C11H17N3O/c1-7(2)14-10-6-13(15)5-9(10)12-11(14)8-3-4-8/h7-8,15H,3-6H2,1-2H3. The van der Waals surface area contributed by atoms with Crippen LogP contribution < -0.4 is 0 Å². The van der Waals surface area contributed by atoms with Gasteiger partial charge in [0.05, 0.1) is 24.5 Å².